The maximum atomic E-state index is 8.60. The molecule has 0 aliphatic heterocycles. The number of methoxy groups -OCH3 is 1. The summed E-state index contributed by atoms with van der Waals surface area (Å²) in [5, 5.41) is 8.60. The van der Waals surface area contributed by atoms with E-state index in [-0.39, 0.29) is 6.61 Å². The number of hydrogen-bond acceptors (Lipinski definition) is 3. The van der Waals surface area contributed by atoms with Crippen molar-refractivity contribution < 1.29 is 9.84 Å². The molecular weight excluding hydrogens is 130 g/mol. The zero-order chi connectivity index (χ0) is 7.40. The third-order valence-corrected chi connectivity index (χ3v) is 1.20. The summed E-state index contributed by atoms with van der Waals surface area (Å²) >= 11 is 0. The first kappa shape index (κ1) is 7.02. The van der Waals surface area contributed by atoms with Crippen LogP contribution in [0.2, 0.25) is 0 Å². The second kappa shape index (κ2) is 3.17. The zero-order valence-corrected chi connectivity index (χ0v) is 5.74. The number of pyridine rings is 1. The molecular formula is C7H9NO2. The molecule has 0 amide bonds. The van der Waals surface area contributed by atoms with Crippen LogP contribution in [0, 0.1) is 0 Å². The maximum absolute atomic E-state index is 8.60. The SMILES string of the molecule is COc1ccc(CO)nc1. The fraction of sp³-hybridized carbons (Fsp3) is 0.286. The van der Waals surface area contributed by atoms with Gasteiger partial charge in [-0.15, -0.1) is 0 Å². The Kier molecular flexibility index (Phi) is 2.23. The summed E-state index contributed by atoms with van der Waals surface area (Å²) in [6.45, 7) is -0.0238. The van der Waals surface area contributed by atoms with Crippen LogP contribution in [0.1, 0.15) is 5.69 Å². The van der Waals surface area contributed by atoms with Crippen LogP contribution in [-0.4, -0.2) is 17.2 Å². The molecule has 0 atom stereocenters. The number of ether oxygens (including phenoxy) is 1. The summed E-state index contributed by atoms with van der Waals surface area (Å²) < 4.78 is 4.87. The minimum absolute atomic E-state index is 0.0238. The van der Waals surface area contributed by atoms with E-state index in [1.54, 1.807) is 25.4 Å². The van der Waals surface area contributed by atoms with Gasteiger partial charge in [-0.3, -0.25) is 4.98 Å². The first-order valence-corrected chi connectivity index (χ1v) is 2.96. The van der Waals surface area contributed by atoms with Gasteiger partial charge in [0, 0.05) is 0 Å². The van der Waals surface area contributed by atoms with Crippen molar-refractivity contribution in [2.75, 3.05) is 7.11 Å². The molecule has 1 aromatic heterocycles. The van der Waals surface area contributed by atoms with Crippen molar-refractivity contribution in [3.63, 3.8) is 0 Å². The Morgan fingerprint density at radius 1 is 1.60 bits per heavy atom. The van der Waals surface area contributed by atoms with Gasteiger partial charge in [-0.2, -0.15) is 0 Å². The first-order valence-electron chi connectivity index (χ1n) is 2.96. The highest BCUT2D eigenvalue weighted by Crippen LogP contribution is 2.06. The average molecular weight is 139 g/mol. The quantitative estimate of drug-likeness (QED) is 0.651. The number of nitrogens with zero attached hydrogens (tertiary/aromatic N) is 1. The van der Waals surface area contributed by atoms with Crippen molar-refractivity contribution in [2.45, 2.75) is 6.61 Å². The van der Waals surface area contributed by atoms with Gasteiger partial charge in [0.05, 0.1) is 25.6 Å². The van der Waals surface area contributed by atoms with Gasteiger partial charge in [0.15, 0.2) is 0 Å². The lowest BCUT2D eigenvalue weighted by Gasteiger charge is -1.98. The molecule has 0 radical (unpaired) electrons. The molecule has 1 rings (SSSR count). The molecule has 0 aliphatic rings. The van der Waals surface area contributed by atoms with Gasteiger partial charge in [-0.25, -0.2) is 0 Å². The first-order chi connectivity index (χ1) is 4.86. The van der Waals surface area contributed by atoms with E-state index in [0.29, 0.717) is 11.4 Å². The van der Waals surface area contributed by atoms with Crippen LogP contribution in [0.5, 0.6) is 5.75 Å². The molecule has 3 heteroatoms. The lowest BCUT2D eigenvalue weighted by Crippen LogP contribution is -1.89. The zero-order valence-electron chi connectivity index (χ0n) is 5.74. The molecule has 0 bridgehead atoms. The largest absolute Gasteiger partial charge is 0.495 e. The van der Waals surface area contributed by atoms with Crippen LogP contribution in [-0.2, 0) is 6.61 Å². The lowest BCUT2D eigenvalue weighted by molar-refractivity contribution is 0.276. The average Bonchev–Trinajstić information content (AvgIpc) is 2.05. The number of aromatic nitrogens is 1. The van der Waals surface area contributed by atoms with Gasteiger partial charge in [0.1, 0.15) is 5.75 Å². The molecule has 0 saturated heterocycles. The van der Waals surface area contributed by atoms with E-state index < -0.39 is 0 Å². The predicted molar refractivity (Wildman–Crippen MR) is 36.7 cm³/mol. The Labute approximate surface area is 59.3 Å². The maximum Gasteiger partial charge on any atom is 0.137 e. The topological polar surface area (TPSA) is 42.4 Å². The highest BCUT2D eigenvalue weighted by atomic mass is 16.5. The summed E-state index contributed by atoms with van der Waals surface area (Å²) in [6, 6.07) is 3.48. The highest BCUT2D eigenvalue weighted by molar-refractivity contribution is 5.19. The molecule has 0 spiro atoms. The summed E-state index contributed by atoms with van der Waals surface area (Å²) in [7, 11) is 1.58. The van der Waals surface area contributed by atoms with Crippen molar-refractivity contribution in [3.05, 3.63) is 24.0 Å². The van der Waals surface area contributed by atoms with Gasteiger partial charge in [-0.1, -0.05) is 0 Å². The second-order valence-electron chi connectivity index (χ2n) is 1.85. The Balaban J connectivity index is 2.80. The molecule has 1 heterocycles. The van der Waals surface area contributed by atoms with E-state index in [9.17, 15) is 0 Å². The monoisotopic (exact) mass is 139 g/mol. The van der Waals surface area contributed by atoms with Gasteiger partial charge in [0.25, 0.3) is 0 Å². The molecule has 54 valence electrons. The number of aliphatic hydroxyl groups is 1. The molecule has 1 N–H and O–H groups in total. The minimum Gasteiger partial charge on any atom is -0.495 e. The van der Waals surface area contributed by atoms with E-state index in [1.165, 1.54) is 0 Å². The summed E-state index contributed by atoms with van der Waals surface area (Å²) in [6.07, 6.45) is 1.57. The molecule has 10 heavy (non-hydrogen) atoms. The van der Waals surface area contributed by atoms with Crippen molar-refractivity contribution >= 4 is 0 Å². The fourth-order valence-electron chi connectivity index (χ4n) is 0.625. The molecule has 0 unspecified atom stereocenters. The van der Waals surface area contributed by atoms with E-state index in [1.807, 2.05) is 0 Å². The Bertz CT molecular complexity index is 172. The smallest absolute Gasteiger partial charge is 0.137 e. The standard InChI is InChI=1S/C7H9NO2/c1-10-7-3-2-6(5-9)8-4-7/h2-4,9H,5H2,1H3. The molecule has 0 fully saturated rings. The van der Waals surface area contributed by atoms with Crippen molar-refractivity contribution in [3.8, 4) is 5.75 Å². The van der Waals surface area contributed by atoms with Gasteiger partial charge < -0.3 is 9.84 Å². The molecule has 0 aromatic carbocycles. The van der Waals surface area contributed by atoms with Gasteiger partial charge in [0.2, 0.25) is 0 Å². The molecule has 3 nitrogen and oxygen atoms in total. The van der Waals surface area contributed by atoms with Crippen molar-refractivity contribution in [2.24, 2.45) is 0 Å². The summed E-state index contributed by atoms with van der Waals surface area (Å²) in [4.78, 5) is 3.89. The van der Waals surface area contributed by atoms with E-state index in [2.05, 4.69) is 4.98 Å². The van der Waals surface area contributed by atoms with E-state index >= 15 is 0 Å². The van der Waals surface area contributed by atoms with Crippen LogP contribution in [0.15, 0.2) is 18.3 Å². The summed E-state index contributed by atoms with van der Waals surface area (Å²) in [5.74, 6) is 0.706. The Morgan fingerprint density at radius 2 is 2.40 bits per heavy atom. The van der Waals surface area contributed by atoms with Crippen LogP contribution in [0.4, 0.5) is 0 Å². The minimum atomic E-state index is -0.0238. The van der Waals surface area contributed by atoms with Crippen molar-refractivity contribution in [1.29, 1.82) is 0 Å². The predicted octanol–water partition coefficient (Wildman–Crippen LogP) is 0.583. The number of aliphatic hydroxyl groups excluding tert-OH is 1. The normalized spacial score (nSPS) is 9.40. The fourth-order valence-corrected chi connectivity index (χ4v) is 0.625. The highest BCUT2D eigenvalue weighted by Gasteiger charge is 1.91. The summed E-state index contributed by atoms with van der Waals surface area (Å²) in [5.41, 5.74) is 0.654. The molecule has 0 aliphatic carbocycles. The van der Waals surface area contributed by atoms with Crippen molar-refractivity contribution in [1.82, 2.24) is 4.98 Å². The van der Waals surface area contributed by atoms with Crippen LogP contribution < -0.4 is 4.74 Å². The van der Waals surface area contributed by atoms with Crippen LogP contribution >= 0.6 is 0 Å². The second-order valence-corrected chi connectivity index (χ2v) is 1.85. The van der Waals surface area contributed by atoms with Gasteiger partial charge in [-0.05, 0) is 12.1 Å². The Morgan fingerprint density at radius 3 is 2.80 bits per heavy atom. The van der Waals surface area contributed by atoms with Crippen LogP contribution in [0.3, 0.4) is 0 Å². The lowest BCUT2D eigenvalue weighted by atomic mass is 10.3. The molecule has 1 aromatic rings. The van der Waals surface area contributed by atoms with E-state index in [4.69, 9.17) is 9.84 Å². The van der Waals surface area contributed by atoms with E-state index in [0.717, 1.165) is 0 Å². The molecule has 0 saturated carbocycles. The number of hydrogen-bond donors (Lipinski definition) is 1. The third-order valence-electron chi connectivity index (χ3n) is 1.20. The van der Waals surface area contributed by atoms with Gasteiger partial charge >= 0.3 is 0 Å². The van der Waals surface area contributed by atoms with Crippen LogP contribution in [0.25, 0.3) is 0 Å². The third kappa shape index (κ3) is 1.45. The Hall–Kier alpha value is -1.09. The number of rotatable bonds is 2.